The molecule has 0 bridgehead atoms. The summed E-state index contributed by atoms with van der Waals surface area (Å²) in [6.07, 6.45) is 20.8. The Kier molecular flexibility index (Phi) is 18.1. The fourth-order valence-electron chi connectivity index (χ4n) is 3.08. The molecule has 0 aliphatic heterocycles. The molecule has 0 saturated carbocycles. The van der Waals surface area contributed by atoms with E-state index in [0.717, 1.165) is 12.8 Å². The molecule has 5 N–H and O–H groups in total. The maximum atomic E-state index is 9.70. The molecule has 0 aliphatic rings. The smallest absolute Gasteiger partial charge is 0.134 e. The van der Waals surface area contributed by atoms with Gasteiger partial charge in [-0.2, -0.15) is 0 Å². The van der Waals surface area contributed by atoms with E-state index < -0.39 is 6.10 Å². The zero-order chi connectivity index (χ0) is 17.2. The van der Waals surface area contributed by atoms with Crippen molar-refractivity contribution in [3.05, 3.63) is 0 Å². The summed E-state index contributed by atoms with van der Waals surface area (Å²) in [6, 6.07) is -0.221. The SMILES string of the molecule is CCCCCCCCCCCCCCCCCC(O)C([NH3+])CO. The van der Waals surface area contributed by atoms with Crippen LogP contribution in [0.4, 0.5) is 0 Å². The zero-order valence-corrected chi connectivity index (χ0v) is 15.8. The van der Waals surface area contributed by atoms with Gasteiger partial charge in [0.15, 0.2) is 0 Å². The highest BCUT2D eigenvalue weighted by molar-refractivity contribution is 4.64. The fraction of sp³-hybridized carbons (Fsp3) is 1.00. The monoisotopic (exact) mass is 330 g/mol. The minimum Gasteiger partial charge on any atom is -0.390 e. The van der Waals surface area contributed by atoms with Crippen molar-refractivity contribution in [2.24, 2.45) is 0 Å². The molecule has 0 aromatic carbocycles. The van der Waals surface area contributed by atoms with Crippen LogP contribution in [-0.4, -0.2) is 29.0 Å². The molecule has 0 rings (SSSR count). The summed E-state index contributed by atoms with van der Waals surface area (Å²) in [7, 11) is 0. The second kappa shape index (κ2) is 18.2. The standard InChI is InChI=1S/C20H43NO2/c1-2-3-4-5-6-7-8-9-10-11-12-13-14-15-16-17-20(23)19(21)18-22/h19-20,22-23H,2-18,21H2,1H3/p+1. The molecule has 0 spiro atoms. The normalized spacial score (nSPS) is 14.1. The largest absolute Gasteiger partial charge is 0.390 e. The lowest BCUT2D eigenvalue weighted by Crippen LogP contribution is -2.68. The third-order valence-electron chi connectivity index (χ3n) is 4.88. The average molecular weight is 331 g/mol. The van der Waals surface area contributed by atoms with Gasteiger partial charge >= 0.3 is 0 Å². The second-order valence-electron chi connectivity index (χ2n) is 7.25. The van der Waals surface area contributed by atoms with E-state index in [2.05, 4.69) is 12.7 Å². The highest BCUT2D eigenvalue weighted by atomic mass is 16.3. The molecular formula is C20H44NO2+. The molecule has 0 fully saturated rings. The molecule has 0 aromatic rings. The molecular weight excluding hydrogens is 286 g/mol. The van der Waals surface area contributed by atoms with Crippen molar-refractivity contribution in [1.29, 1.82) is 0 Å². The van der Waals surface area contributed by atoms with E-state index >= 15 is 0 Å². The van der Waals surface area contributed by atoms with Gasteiger partial charge in [-0.05, 0) is 6.42 Å². The number of quaternary nitrogens is 1. The lowest BCUT2D eigenvalue weighted by molar-refractivity contribution is -0.443. The van der Waals surface area contributed by atoms with E-state index in [-0.39, 0.29) is 12.6 Å². The Morgan fingerprint density at radius 3 is 1.35 bits per heavy atom. The van der Waals surface area contributed by atoms with Crippen molar-refractivity contribution < 1.29 is 15.9 Å². The van der Waals surface area contributed by atoms with Crippen molar-refractivity contribution in [1.82, 2.24) is 0 Å². The van der Waals surface area contributed by atoms with E-state index in [9.17, 15) is 5.11 Å². The summed E-state index contributed by atoms with van der Waals surface area (Å²) in [6.45, 7) is 2.26. The number of rotatable bonds is 18. The Balaban J connectivity index is 3.08. The first-order valence-corrected chi connectivity index (χ1v) is 10.3. The van der Waals surface area contributed by atoms with Crippen LogP contribution in [0, 0.1) is 0 Å². The van der Waals surface area contributed by atoms with Gasteiger partial charge in [-0.15, -0.1) is 0 Å². The van der Waals surface area contributed by atoms with Gasteiger partial charge < -0.3 is 15.9 Å². The number of aliphatic hydroxyl groups excluding tert-OH is 2. The lowest BCUT2D eigenvalue weighted by atomic mass is 10.0. The van der Waals surface area contributed by atoms with Crippen LogP contribution in [0.5, 0.6) is 0 Å². The zero-order valence-electron chi connectivity index (χ0n) is 15.8. The minimum absolute atomic E-state index is 0.0140. The van der Waals surface area contributed by atoms with E-state index in [1.54, 1.807) is 0 Å². The van der Waals surface area contributed by atoms with Crippen molar-refractivity contribution in [2.75, 3.05) is 6.61 Å². The van der Waals surface area contributed by atoms with Crippen molar-refractivity contribution in [3.63, 3.8) is 0 Å². The topological polar surface area (TPSA) is 68.1 Å². The van der Waals surface area contributed by atoms with Crippen LogP contribution in [0.15, 0.2) is 0 Å². The Hall–Kier alpha value is -0.120. The Morgan fingerprint density at radius 2 is 1.00 bits per heavy atom. The molecule has 2 unspecified atom stereocenters. The first kappa shape index (κ1) is 22.9. The average Bonchev–Trinajstić information content (AvgIpc) is 2.57. The molecule has 0 radical (unpaired) electrons. The molecule has 0 saturated heterocycles. The Morgan fingerprint density at radius 1 is 0.652 bits per heavy atom. The molecule has 23 heavy (non-hydrogen) atoms. The van der Waals surface area contributed by atoms with Crippen molar-refractivity contribution in [3.8, 4) is 0 Å². The van der Waals surface area contributed by atoms with Crippen LogP contribution in [0.2, 0.25) is 0 Å². The van der Waals surface area contributed by atoms with Gasteiger partial charge in [-0.3, -0.25) is 0 Å². The summed E-state index contributed by atoms with van der Waals surface area (Å²) in [4.78, 5) is 0. The van der Waals surface area contributed by atoms with Gasteiger partial charge in [0.05, 0.1) is 6.61 Å². The molecule has 3 heteroatoms. The number of unbranched alkanes of at least 4 members (excludes halogenated alkanes) is 14. The summed E-state index contributed by atoms with van der Waals surface area (Å²) < 4.78 is 0. The highest BCUT2D eigenvalue weighted by Gasteiger charge is 2.15. The van der Waals surface area contributed by atoms with Gasteiger partial charge in [0.25, 0.3) is 0 Å². The van der Waals surface area contributed by atoms with E-state index in [4.69, 9.17) is 5.11 Å². The first-order chi connectivity index (χ1) is 11.2. The minimum atomic E-state index is -0.429. The maximum absolute atomic E-state index is 9.70. The number of hydrogen-bond donors (Lipinski definition) is 3. The van der Waals surface area contributed by atoms with E-state index in [0.29, 0.717) is 0 Å². The summed E-state index contributed by atoms with van der Waals surface area (Å²) in [5.74, 6) is 0. The predicted molar refractivity (Wildman–Crippen MR) is 99.3 cm³/mol. The molecule has 140 valence electrons. The summed E-state index contributed by atoms with van der Waals surface area (Å²) >= 11 is 0. The molecule has 0 aromatic heterocycles. The highest BCUT2D eigenvalue weighted by Crippen LogP contribution is 2.14. The van der Waals surface area contributed by atoms with Gasteiger partial charge in [0.1, 0.15) is 12.1 Å². The van der Waals surface area contributed by atoms with Crippen LogP contribution < -0.4 is 5.73 Å². The number of hydrogen-bond acceptors (Lipinski definition) is 2. The molecule has 3 nitrogen and oxygen atoms in total. The van der Waals surface area contributed by atoms with Gasteiger partial charge in [0, 0.05) is 0 Å². The van der Waals surface area contributed by atoms with Gasteiger partial charge in [-0.1, -0.05) is 103 Å². The van der Waals surface area contributed by atoms with Crippen molar-refractivity contribution in [2.45, 2.75) is 122 Å². The fourth-order valence-corrected chi connectivity index (χ4v) is 3.08. The molecule has 0 amide bonds. The Bertz CT molecular complexity index is 224. The van der Waals surface area contributed by atoms with Crippen LogP contribution in [0.25, 0.3) is 0 Å². The molecule has 2 atom stereocenters. The van der Waals surface area contributed by atoms with Crippen LogP contribution in [-0.2, 0) is 0 Å². The molecule has 0 aliphatic carbocycles. The van der Waals surface area contributed by atoms with E-state index in [1.165, 1.54) is 89.9 Å². The van der Waals surface area contributed by atoms with Crippen LogP contribution in [0.3, 0.4) is 0 Å². The van der Waals surface area contributed by atoms with Crippen LogP contribution >= 0.6 is 0 Å². The third-order valence-corrected chi connectivity index (χ3v) is 4.88. The van der Waals surface area contributed by atoms with E-state index in [1.807, 2.05) is 0 Å². The Labute approximate surface area is 145 Å². The second-order valence-corrected chi connectivity index (χ2v) is 7.25. The quantitative estimate of drug-likeness (QED) is 0.329. The molecule has 0 heterocycles. The lowest BCUT2D eigenvalue weighted by Gasteiger charge is -2.13. The number of aliphatic hydroxyl groups is 2. The van der Waals surface area contributed by atoms with Gasteiger partial charge in [0.2, 0.25) is 0 Å². The maximum Gasteiger partial charge on any atom is 0.134 e. The van der Waals surface area contributed by atoms with Gasteiger partial charge in [-0.25, -0.2) is 0 Å². The third kappa shape index (κ3) is 16.5. The summed E-state index contributed by atoms with van der Waals surface area (Å²) in [5.41, 5.74) is 3.74. The predicted octanol–water partition coefficient (Wildman–Crippen LogP) is 4.21. The summed E-state index contributed by atoms with van der Waals surface area (Å²) in [5, 5.41) is 18.6. The first-order valence-electron chi connectivity index (χ1n) is 10.3. The van der Waals surface area contributed by atoms with Crippen molar-refractivity contribution >= 4 is 0 Å². The van der Waals surface area contributed by atoms with Crippen LogP contribution in [0.1, 0.15) is 110 Å².